The van der Waals surface area contributed by atoms with E-state index in [-0.39, 0.29) is 24.0 Å². The second-order valence-corrected chi connectivity index (χ2v) is 5.93. The monoisotopic (exact) mass is 515 g/mol. The zero-order valence-corrected chi connectivity index (χ0v) is 19.9. The molecule has 2 aromatic rings. The minimum Gasteiger partial charge on any atom is -0.497 e. The van der Waals surface area contributed by atoms with Crippen LogP contribution in [-0.4, -0.2) is 40.9 Å². The molecule has 0 radical (unpaired) electrons. The van der Waals surface area contributed by atoms with Crippen molar-refractivity contribution in [1.29, 1.82) is 0 Å². The predicted octanol–water partition coefficient (Wildman–Crippen LogP) is 3.59. The van der Waals surface area contributed by atoms with Gasteiger partial charge in [-0.1, -0.05) is 12.1 Å². The molecule has 0 amide bonds. The maximum atomic E-state index is 5.40. The number of ether oxygens (including phenoxy) is 4. The van der Waals surface area contributed by atoms with Crippen LogP contribution in [0.25, 0.3) is 0 Å². The van der Waals surface area contributed by atoms with Gasteiger partial charge in [-0.3, -0.25) is 0 Å². The van der Waals surface area contributed by atoms with Crippen LogP contribution in [0.1, 0.15) is 18.1 Å². The minimum absolute atomic E-state index is 0. The van der Waals surface area contributed by atoms with Crippen LogP contribution in [0.15, 0.2) is 41.4 Å². The smallest absolute Gasteiger partial charge is 0.203 e. The molecule has 2 N–H and O–H groups in total. The number of aliphatic imine (C=N–C) groups is 1. The average Bonchev–Trinajstić information content (AvgIpc) is 2.75. The summed E-state index contributed by atoms with van der Waals surface area (Å²) in [6, 6.07) is 11.7. The van der Waals surface area contributed by atoms with Crippen molar-refractivity contribution in [3.8, 4) is 23.0 Å². The number of nitrogens with one attached hydrogen (secondary N) is 2. The second kappa shape index (κ2) is 13.0. The van der Waals surface area contributed by atoms with Crippen molar-refractivity contribution >= 4 is 29.9 Å². The molecule has 8 heteroatoms. The highest BCUT2D eigenvalue weighted by Gasteiger charge is 2.13. The lowest BCUT2D eigenvalue weighted by Crippen LogP contribution is -2.36. The van der Waals surface area contributed by atoms with E-state index in [1.54, 1.807) is 28.4 Å². The molecular formula is C21H30IN3O4. The predicted molar refractivity (Wildman–Crippen MR) is 126 cm³/mol. The highest BCUT2D eigenvalue weighted by Crippen LogP contribution is 2.38. The Labute approximate surface area is 189 Å². The summed E-state index contributed by atoms with van der Waals surface area (Å²) in [5.41, 5.74) is 2.09. The maximum absolute atomic E-state index is 5.40. The van der Waals surface area contributed by atoms with Gasteiger partial charge < -0.3 is 29.6 Å². The second-order valence-electron chi connectivity index (χ2n) is 5.93. The SMILES string of the molecule is CCNC(=NCc1cc(OC)c(OC)c(OC)c1)NCc1ccc(OC)cc1.I. The molecule has 0 unspecified atom stereocenters. The van der Waals surface area contributed by atoms with Gasteiger partial charge in [-0.2, -0.15) is 0 Å². The van der Waals surface area contributed by atoms with Gasteiger partial charge >= 0.3 is 0 Å². The van der Waals surface area contributed by atoms with Gasteiger partial charge in [-0.05, 0) is 42.3 Å². The fraction of sp³-hybridized carbons (Fsp3) is 0.381. The molecule has 0 saturated carbocycles. The molecule has 0 aliphatic heterocycles. The molecule has 7 nitrogen and oxygen atoms in total. The van der Waals surface area contributed by atoms with Crippen molar-refractivity contribution in [2.75, 3.05) is 35.0 Å². The first-order valence-electron chi connectivity index (χ1n) is 9.09. The van der Waals surface area contributed by atoms with Crippen molar-refractivity contribution in [1.82, 2.24) is 10.6 Å². The van der Waals surface area contributed by atoms with Crippen LogP contribution in [0.4, 0.5) is 0 Å². The molecule has 0 spiro atoms. The fourth-order valence-electron chi connectivity index (χ4n) is 2.67. The first kappa shape index (κ1) is 24.7. The van der Waals surface area contributed by atoms with Gasteiger partial charge in [0.1, 0.15) is 5.75 Å². The highest BCUT2D eigenvalue weighted by molar-refractivity contribution is 14.0. The summed E-state index contributed by atoms with van der Waals surface area (Å²) in [5.74, 6) is 3.37. The van der Waals surface area contributed by atoms with E-state index in [1.807, 2.05) is 43.3 Å². The van der Waals surface area contributed by atoms with Gasteiger partial charge in [0, 0.05) is 13.1 Å². The lowest BCUT2D eigenvalue weighted by molar-refractivity contribution is 0.324. The quantitative estimate of drug-likeness (QED) is 0.302. The Morgan fingerprint density at radius 1 is 0.828 bits per heavy atom. The summed E-state index contributed by atoms with van der Waals surface area (Å²) in [4.78, 5) is 4.66. The molecule has 160 valence electrons. The summed E-state index contributed by atoms with van der Waals surface area (Å²) in [5, 5.41) is 6.59. The molecule has 0 heterocycles. The van der Waals surface area contributed by atoms with Gasteiger partial charge in [0.05, 0.1) is 35.0 Å². The first-order chi connectivity index (χ1) is 13.6. The zero-order chi connectivity index (χ0) is 20.4. The number of rotatable bonds is 9. The van der Waals surface area contributed by atoms with Gasteiger partial charge in [-0.15, -0.1) is 24.0 Å². The van der Waals surface area contributed by atoms with Gasteiger partial charge in [-0.25, -0.2) is 4.99 Å². The summed E-state index contributed by atoms with van der Waals surface area (Å²) in [6.07, 6.45) is 0. The average molecular weight is 515 g/mol. The summed E-state index contributed by atoms with van der Waals surface area (Å²) in [7, 11) is 6.45. The van der Waals surface area contributed by atoms with E-state index in [1.165, 1.54) is 0 Å². The summed E-state index contributed by atoms with van der Waals surface area (Å²) in [6.45, 7) is 3.92. The van der Waals surface area contributed by atoms with Crippen LogP contribution in [0.3, 0.4) is 0 Å². The molecule has 0 saturated heterocycles. The Hall–Kier alpha value is -2.36. The van der Waals surface area contributed by atoms with E-state index in [0.717, 1.165) is 29.4 Å². The normalized spacial score (nSPS) is 10.6. The Morgan fingerprint density at radius 3 is 1.93 bits per heavy atom. The lowest BCUT2D eigenvalue weighted by atomic mass is 10.2. The molecule has 0 atom stereocenters. The molecule has 0 aliphatic carbocycles. The molecule has 0 aliphatic rings. The Balaban J connectivity index is 0.00000420. The fourth-order valence-corrected chi connectivity index (χ4v) is 2.67. The third-order valence-corrected chi connectivity index (χ3v) is 4.11. The Kier molecular flexibility index (Phi) is 11.0. The molecule has 2 aromatic carbocycles. The molecule has 29 heavy (non-hydrogen) atoms. The van der Waals surface area contributed by atoms with E-state index in [4.69, 9.17) is 18.9 Å². The summed E-state index contributed by atoms with van der Waals surface area (Å²) >= 11 is 0. The van der Waals surface area contributed by atoms with Crippen LogP contribution >= 0.6 is 24.0 Å². The number of hydrogen-bond acceptors (Lipinski definition) is 5. The van der Waals surface area contributed by atoms with Crippen molar-refractivity contribution in [2.24, 2.45) is 4.99 Å². The van der Waals surface area contributed by atoms with Crippen LogP contribution in [-0.2, 0) is 13.1 Å². The zero-order valence-electron chi connectivity index (χ0n) is 17.6. The van der Waals surface area contributed by atoms with Gasteiger partial charge in [0.25, 0.3) is 0 Å². The molecule has 0 fully saturated rings. The van der Waals surface area contributed by atoms with Crippen molar-refractivity contribution in [3.05, 3.63) is 47.5 Å². The maximum Gasteiger partial charge on any atom is 0.203 e. The van der Waals surface area contributed by atoms with Crippen LogP contribution in [0.5, 0.6) is 23.0 Å². The van der Waals surface area contributed by atoms with Crippen molar-refractivity contribution in [2.45, 2.75) is 20.0 Å². The first-order valence-corrected chi connectivity index (χ1v) is 9.09. The number of hydrogen-bond donors (Lipinski definition) is 2. The lowest BCUT2D eigenvalue weighted by Gasteiger charge is -2.14. The van der Waals surface area contributed by atoms with Gasteiger partial charge in [0.2, 0.25) is 5.75 Å². The van der Waals surface area contributed by atoms with Crippen molar-refractivity contribution < 1.29 is 18.9 Å². The minimum atomic E-state index is 0. The van der Waals surface area contributed by atoms with E-state index in [0.29, 0.717) is 30.3 Å². The summed E-state index contributed by atoms with van der Waals surface area (Å²) < 4.78 is 21.4. The standard InChI is InChI=1S/C21H29N3O4.HI/c1-6-22-21(23-13-15-7-9-17(25-2)10-8-15)24-14-16-11-18(26-3)20(28-5)19(12-16)27-4;/h7-12H,6,13-14H2,1-5H3,(H2,22,23,24);1H. The Morgan fingerprint density at radius 2 is 1.45 bits per heavy atom. The number of halogens is 1. The number of nitrogens with zero attached hydrogens (tertiary/aromatic N) is 1. The van der Waals surface area contributed by atoms with E-state index >= 15 is 0 Å². The third kappa shape index (κ3) is 7.19. The van der Waals surface area contributed by atoms with Gasteiger partial charge in [0.15, 0.2) is 17.5 Å². The van der Waals surface area contributed by atoms with Crippen LogP contribution in [0.2, 0.25) is 0 Å². The van der Waals surface area contributed by atoms with E-state index in [2.05, 4.69) is 15.6 Å². The molecule has 0 bridgehead atoms. The highest BCUT2D eigenvalue weighted by atomic mass is 127. The third-order valence-electron chi connectivity index (χ3n) is 4.11. The largest absolute Gasteiger partial charge is 0.497 e. The van der Waals surface area contributed by atoms with Crippen LogP contribution in [0, 0.1) is 0 Å². The van der Waals surface area contributed by atoms with E-state index in [9.17, 15) is 0 Å². The molecular weight excluding hydrogens is 485 g/mol. The number of methoxy groups -OCH3 is 4. The Bertz CT molecular complexity index is 757. The number of benzene rings is 2. The van der Waals surface area contributed by atoms with Crippen molar-refractivity contribution in [3.63, 3.8) is 0 Å². The molecule has 0 aromatic heterocycles. The molecule has 2 rings (SSSR count). The topological polar surface area (TPSA) is 73.3 Å². The number of guanidine groups is 1. The van der Waals surface area contributed by atoms with Crippen LogP contribution < -0.4 is 29.6 Å². The van der Waals surface area contributed by atoms with E-state index < -0.39 is 0 Å².